The first kappa shape index (κ1) is 14.5. The summed E-state index contributed by atoms with van der Waals surface area (Å²) in [6, 6.07) is 17.6. The van der Waals surface area contributed by atoms with Crippen LogP contribution in [0, 0.1) is 0 Å². The van der Waals surface area contributed by atoms with E-state index in [1.807, 2.05) is 54.6 Å². The number of aromatic nitrogens is 2. The van der Waals surface area contributed by atoms with Crippen LogP contribution in [-0.4, -0.2) is 15.9 Å². The Labute approximate surface area is 142 Å². The molecule has 0 aliphatic heterocycles. The van der Waals surface area contributed by atoms with Crippen molar-refractivity contribution >= 4 is 27.5 Å². The standard InChI is InChI=1S/C19H13N3OS/c20-18(23)17-16(13-4-2-1-3-5-13)14-6-7-15(22-19(14)24-17)12-8-10-21-11-9-12/h1-11H,(H2,20,23). The second-order valence-electron chi connectivity index (χ2n) is 5.32. The Morgan fingerprint density at radius 3 is 2.38 bits per heavy atom. The zero-order chi connectivity index (χ0) is 16.5. The van der Waals surface area contributed by atoms with Crippen LogP contribution >= 0.6 is 11.3 Å². The summed E-state index contributed by atoms with van der Waals surface area (Å²) in [5.41, 5.74) is 9.26. The lowest BCUT2D eigenvalue weighted by molar-refractivity contribution is 0.100. The first-order valence-electron chi connectivity index (χ1n) is 7.43. The van der Waals surface area contributed by atoms with Crippen molar-refractivity contribution in [2.24, 2.45) is 5.73 Å². The molecule has 3 heterocycles. The number of primary amides is 1. The van der Waals surface area contributed by atoms with Gasteiger partial charge in [-0.15, -0.1) is 11.3 Å². The van der Waals surface area contributed by atoms with Crippen LogP contribution in [0.25, 0.3) is 32.6 Å². The number of benzene rings is 1. The van der Waals surface area contributed by atoms with Crippen molar-refractivity contribution in [2.75, 3.05) is 0 Å². The fourth-order valence-electron chi connectivity index (χ4n) is 2.73. The van der Waals surface area contributed by atoms with E-state index in [4.69, 9.17) is 10.7 Å². The molecule has 4 rings (SSSR count). The fourth-order valence-corrected chi connectivity index (χ4v) is 3.77. The quantitative estimate of drug-likeness (QED) is 0.614. The Hall–Kier alpha value is -3.05. The molecule has 0 saturated heterocycles. The first-order valence-corrected chi connectivity index (χ1v) is 8.25. The maximum atomic E-state index is 11.9. The first-order chi connectivity index (χ1) is 11.7. The number of amides is 1. The maximum Gasteiger partial charge on any atom is 0.259 e. The molecule has 116 valence electrons. The number of rotatable bonds is 3. The van der Waals surface area contributed by atoms with Gasteiger partial charge in [-0.2, -0.15) is 0 Å². The molecule has 0 atom stereocenters. The molecular weight excluding hydrogens is 318 g/mol. The van der Waals surface area contributed by atoms with Crippen LogP contribution in [0.15, 0.2) is 67.0 Å². The normalized spacial score (nSPS) is 10.8. The van der Waals surface area contributed by atoms with Gasteiger partial charge < -0.3 is 5.73 Å². The average Bonchev–Trinajstić information content (AvgIpc) is 3.02. The molecule has 0 unspecified atom stereocenters. The largest absolute Gasteiger partial charge is 0.365 e. The lowest BCUT2D eigenvalue weighted by Gasteiger charge is -2.03. The number of nitrogens with two attached hydrogens (primary N) is 1. The van der Waals surface area contributed by atoms with Crippen LogP contribution in [0.2, 0.25) is 0 Å². The molecule has 24 heavy (non-hydrogen) atoms. The van der Waals surface area contributed by atoms with Gasteiger partial charge >= 0.3 is 0 Å². The molecule has 2 N–H and O–H groups in total. The van der Waals surface area contributed by atoms with Crippen molar-refractivity contribution in [3.05, 3.63) is 71.9 Å². The van der Waals surface area contributed by atoms with Gasteiger partial charge in [0.1, 0.15) is 9.71 Å². The number of thiophene rings is 1. The highest BCUT2D eigenvalue weighted by Crippen LogP contribution is 2.38. The zero-order valence-corrected chi connectivity index (χ0v) is 13.5. The van der Waals surface area contributed by atoms with Crippen molar-refractivity contribution in [1.82, 2.24) is 9.97 Å². The van der Waals surface area contributed by atoms with Gasteiger partial charge in [-0.25, -0.2) is 4.98 Å². The Morgan fingerprint density at radius 1 is 0.917 bits per heavy atom. The molecule has 1 amide bonds. The third-order valence-electron chi connectivity index (χ3n) is 3.82. The van der Waals surface area contributed by atoms with Crippen molar-refractivity contribution in [2.45, 2.75) is 0 Å². The van der Waals surface area contributed by atoms with Gasteiger partial charge in [-0.05, 0) is 29.8 Å². The summed E-state index contributed by atoms with van der Waals surface area (Å²) in [6.45, 7) is 0. The Balaban J connectivity index is 1.96. The third-order valence-corrected chi connectivity index (χ3v) is 4.93. The third kappa shape index (κ3) is 2.45. The van der Waals surface area contributed by atoms with E-state index in [1.165, 1.54) is 11.3 Å². The minimum atomic E-state index is -0.428. The van der Waals surface area contributed by atoms with Crippen molar-refractivity contribution in [3.8, 4) is 22.4 Å². The molecular formula is C19H13N3OS. The molecule has 3 aromatic heterocycles. The summed E-state index contributed by atoms with van der Waals surface area (Å²) in [6.07, 6.45) is 3.47. The van der Waals surface area contributed by atoms with Crippen LogP contribution in [0.3, 0.4) is 0 Å². The van der Waals surface area contributed by atoms with E-state index in [2.05, 4.69) is 4.98 Å². The molecule has 0 aliphatic carbocycles. The monoisotopic (exact) mass is 331 g/mol. The molecule has 0 spiro atoms. The summed E-state index contributed by atoms with van der Waals surface area (Å²) >= 11 is 1.33. The summed E-state index contributed by atoms with van der Waals surface area (Å²) < 4.78 is 0. The lowest BCUT2D eigenvalue weighted by Crippen LogP contribution is -2.09. The van der Waals surface area contributed by atoms with Crippen LogP contribution in [0.4, 0.5) is 0 Å². The number of carbonyl (C=O) groups excluding carboxylic acids is 1. The van der Waals surface area contributed by atoms with E-state index in [0.29, 0.717) is 4.88 Å². The Kier molecular flexibility index (Phi) is 3.55. The molecule has 1 aromatic carbocycles. The predicted molar refractivity (Wildman–Crippen MR) is 96.8 cm³/mol. The van der Waals surface area contributed by atoms with E-state index < -0.39 is 5.91 Å². The maximum absolute atomic E-state index is 11.9. The number of hydrogen-bond acceptors (Lipinski definition) is 4. The fraction of sp³-hybridized carbons (Fsp3) is 0. The second-order valence-corrected chi connectivity index (χ2v) is 6.32. The van der Waals surface area contributed by atoms with Gasteiger partial charge in [0.2, 0.25) is 0 Å². The van der Waals surface area contributed by atoms with Gasteiger partial charge in [0.25, 0.3) is 5.91 Å². The van der Waals surface area contributed by atoms with Crippen molar-refractivity contribution in [1.29, 1.82) is 0 Å². The molecule has 0 saturated carbocycles. The van der Waals surface area contributed by atoms with Crippen molar-refractivity contribution in [3.63, 3.8) is 0 Å². The number of carbonyl (C=O) groups is 1. The predicted octanol–water partition coefficient (Wildman–Crippen LogP) is 4.12. The number of nitrogens with zero attached hydrogens (tertiary/aromatic N) is 2. The molecule has 4 nitrogen and oxygen atoms in total. The van der Waals surface area contributed by atoms with Gasteiger partial charge in [0, 0.05) is 28.9 Å². The van der Waals surface area contributed by atoms with E-state index >= 15 is 0 Å². The average molecular weight is 331 g/mol. The molecule has 4 aromatic rings. The van der Waals surface area contributed by atoms with Gasteiger partial charge in [0.15, 0.2) is 0 Å². The van der Waals surface area contributed by atoms with Crippen LogP contribution in [0.5, 0.6) is 0 Å². The molecule has 0 bridgehead atoms. The Morgan fingerprint density at radius 2 is 1.67 bits per heavy atom. The number of fused-ring (bicyclic) bond motifs is 1. The summed E-state index contributed by atoms with van der Waals surface area (Å²) in [5.74, 6) is -0.428. The summed E-state index contributed by atoms with van der Waals surface area (Å²) in [4.78, 5) is 22.0. The van der Waals surface area contributed by atoms with Gasteiger partial charge in [-0.1, -0.05) is 30.3 Å². The van der Waals surface area contributed by atoms with Crippen molar-refractivity contribution < 1.29 is 4.79 Å². The highest BCUT2D eigenvalue weighted by atomic mass is 32.1. The molecule has 0 radical (unpaired) electrons. The second kappa shape index (κ2) is 5.86. The summed E-state index contributed by atoms with van der Waals surface area (Å²) in [5, 5.41) is 0.942. The number of pyridine rings is 2. The highest BCUT2D eigenvalue weighted by Gasteiger charge is 2.19. The molecule has 5 heteroatoms. The smallest absolute Gasteiger partial charge is 0.259 e. The number of hydrogen-bond donors (Lipinski definition) is 1. The SMILES string of the molecule is NC(=O)c1sc2nc(-c3ccncc3)ccc2c1-c1ccccc1. The molecule has 0 fully saturated rings. The van der Waals surface area contributed by atoms with E-state index in [-0.39, 0.29) is 0 Å². The van der Waals surface area contributed by atoms with Crippen LogP contribution in [-0.2, 0) is 0 Å². The highest BCUT2D eigenvalue weighted by molar-refractivity contribution is 7.21. The minimum Gasteiger partial charge on any atom is -0.365 e. The van der Waals surface area contributed by atoms with Gasteiger partial charge in [-0.3, -0.25) is 9.78 Å². The van der Waals surface area contributed by atoms with E-state index in [0.717, 1.165) is 32.6 Å². The van der Waals surface area contributed by atoms with E-state index in [9.17, 15) is 4.79 Å². The lowest BCUT2D eigenvalue weighted by atomic mass is 10.0. The van der Waals surface area contributed by atoms with E-state index in [1.54, 1.807) is 12.4 Å². The summed E-state index contributed by atoms with van der Waals surface area (Å²) in [7, 11) is 0. The Bertz CT molecular complexity index is 1030. The minimum absolute atomic E-state index is 0.428. The van der Waals surface area contributed by atoms with Crippen LogP contribution < -0.4 is 5.73 Å². The molecule has 0 aliphatic rings. The topological polar surface area (TPSA) is 68.9 Å². The van der Waals surface area contributed by atoms with Gasteiger partial charge in [0.05, 0.1) is 5.69 Å². The zero-order valence-electron chi connectivity index (χ0n) is 12.6. The van der Waals surface area contributed by atoms with Crippen LogP contribution in [0.1, 0.15) is 9.67 Å².